The van der Waals surface area contributed by atoms with Gasteiger partial charge in [0.15, 0.2) is 0 Å². The molecule has 26 heavy (non-hydrogen) atoms. The van der Waals surface area contributed by atoms with Gasteiger partial charge in [0.2, 0.25) is 0 Å². The SMILES string of the molecule is Cc1nc2c(c(NC(c3ccc4c(c3)CCO4)C3CC(O)C3)n1)CCC2. The maximum atomic E-state index is 9.86. The largest absolute Gasteiger partial charge is 0.493 e. The lowest BCUT2D eigenvalue weighted by Crippen LogP contribution is -2.36. The number of nitrogens with zero attached hydrogens (tertiary/aromatic N) is 2. The van der Waals surface area contributed by atoms with Crippen molar-refractivity contribution in [2.75, 3.05) is 11.9 Å². The molecule has 0 radical (unpaired) electrons. The highest BCUT2D eigenvalue weighted by Crippen LogP contribution is 2.42. The molecule has 0 amide bonds. The number of aliphatic hydroxyl groups excluding tert-OH is 1. The number of rotatable bonds is 4. The van der Waals surface area contributed by atoms with Gasteiger partial charge in [0.05, 0.1) is 18.8 Å². The molecule has 1 fully saturated rings. The average Bonchev–Trinajstić information content (AvgIpc) is 3.24. The first-order valence-corrected chi connectivity index (χ1v) is 9.74. The Labute approximate surface area is 153 Å². The number of hydrogen-bond donors (Lipinski definition) is 2. The summed E-state index contributed by atoms with van der Waals surface area (Å²) in [6, 6.07) is 6.71. The molecule has 5 rings (SSSR count). The second-order valence-electron chi connectivity index (χ2n) is 7.87. The highest BCUT2D eigenvalue weighted by atomic mass is 16.5. The van der Waals surface area contributed by atoms with Gasteiger partial charge in [0.1, 0.15) is 17.4 Å². The van der Waals surface area contributed by atoms with E-state index in [2.05, 4.69) is 28.5 Å². The molecule has 136 valence electrons. The van der Waals surface area contributed by atoms with E-state index in [4.69, 9.17) is 9.72 Å². The van der Waals surface area contributed by atoms with Crippen LogP contribution in [0.2, 0.25) is 0 Å². The van der Waals surface area contributed by atoms with E-state index in [0.717, 1.165) is 62.5 Å². The number of aliphatic hydroxyl groups is 1. The molecule has 1 aromatic carbocycles. The standard InChI is InChI=1S/C21H25N3O2/c1-12-22-18-4-2-3-17(18)21(23-12)24-20(15-10-16(25)11-15)14-5-6-19-13(9-14)7-8-26-19/h5-6,9,15-16,20,25H,2-4,7-8,10-11H2,1H3,(H,22,23,24). The van der Waals surface area contributed by atoms with E-state index in [9.17, 15) is 5.11 Å². The number of benzene rings is 1. The molecule has 1 atom stereocenters. The van der Waals surface area contributed by atoms with Crippen molar-refractivity contribution in [1.29, 1.82) is 0 Å². The second kappa shape index (κ2) is 6.23. The molecule has 0 spiro atoms. The molecule has 2 aliphatic carbocycles. The summed E-state index contributed by atoms with van der Waals surface area (Å²) in [6.45, 7) is 2.75. The normalized spacial score (nSPS) is 24.4. The Kier molecular flexibility index (Phi) is 3.85. The third-order valence-electron chi connectivity index (χ3n) is 6.03. The van der Waals surface area contributed by atoms with Crippen molar-refractivity contribution in [3.63, 3.8) is 0 Å². The molecule has 3 aliphatic rings. The van der Waals surface area contributed by atoms with Crippen molar-refractivity contribution < 1.29 is 9.84 Å². The van der Waals surface area contributed by atoms with Crippen LogP contribution >= 0.6 is 0 Å². The van der Waals surface area contributed by atoms with Crippen molar-refractivity contribution in [1.82, 2.24) is 9.97 Å². The molecule has 1 aromatic heterocycles. The van der Waals surface area contributed by atoms with E-state index < -0.39 is 0 Å². The number of anilines is 1. The van der Waals surface area contributed by atoms with Crippen LogP contribution in [0.15, 0.2) is 18.2 Å². The van der Waals surface area contributed by atoms with E-state index >= 15 is 0 Å². The van der Waals surface area contributed by atoms with E-state index in [1.165, 1.54) is 22.4 Å². The molecule has 5 heteroatoms. The molecular formula is C21H25N3O2. The fraction of sp³-hybridized carbons (Fsp3) is 0.524. The first-order chi connectivity index (χ1) is 12.7. The molecule has 0 saturated heterocycles. The Hall–Kier alpha value is -2.14. The van der Waals surface area contributed by atoms with Crippen LogP contribution in [-0.2, 0) is 19.3 Å². The van der Waals surface area contributed by atoms with Gasteiger partial charge in [-0.1, -0.05) is 6.07 Å². The fourth-order valence-corrected chi connectivity index (χ4v) is 4.60. The van der Waals surface area contributed by atoms with Gasteiger partial charge < -0.3 is 15.2 Å². The summed E-state index contributed by atoms with van der Waals surface area (Å²) in [5.74, 6) is 3.27. The van der Waals surface area contributed by atoms with Crippen LogP contribution in [0.1, 0.15) is 53.5 Å². The summed E-state index contributed by atoms with van der Waals surface area (Å²) in [4.78, 5) is 9.36. The summed E-state index contributed by atoms with van der Waals surface area (Å²) >= 11 is 0. The van der Waals surface area contributed by atoms with Crippen LogP contribution in [0.3, 0.4) is 0 Å². The van der Waals surface area contributed by atoms with Gasteiger partial charge in [-0.15, -0.1) is 0 Å². The van der Waals surface area contributed by atoms with Crippen LogP contribution in [-0.4, -0.2) is 27.8 Å². The first-order valence-electron chi connectivity index (χ1n) is 9.74. The number of nitrogens with one attached hydrogen (secondary N) is 1. The smallest absolute Gasteiger partial charge is 0.133 e. The predicted octanol–water partition coefficient (Wildman–Crippen LogP) is 3.13. The van der Waals surface area contributed by atoms with Gasteiger partial charge >= 0.3 is 0 Å². The lowest BCUT2D eigenvalue weighted by Gasteiger charge is -2.39. The summed E-state index contributed by atoms with van der Waals surface area (Å²) in [5, 5.41) is 13.6. The van der Waals surface area contributed by atoms with Gasteiger partial charge in [0, 0.05) is 17.7 Å². The van der Waals surface area contributed by atoms with Crippen molar-refractivity contribution in [2.24, 2.45) is 5.92 Å². The monoisotopic (exact) mass is 351 g/mol. The molecule has 5 nitrogen and oxygen atoms in total. The van der Waals surface area contributed by atoms with Crippen molar-refractivity contribution in [3.8, 4) is 5.75 Å². The Balaban J connectivity index is 1.50. The van der Waals surface area contributed by atoms with Crippen LogP contribution in [0, 0.1) is 12.8 Å². The second-order valence-corrected chi connectivity index (χ2v) is 7.87. The predicted molar refractivity (Wildman–Crippen MR) is 99.5 cm³/mol. The maximum Gasteiger partial charge on any atom is 0.133 e. The van der Waals surface area contributed by atoms with Gasteiger partial charge in [-0.05, 0) is 68.2 Å². The Morgan fingerprint density at radius 1 is 1.19 bits per heavy atom. The van der Waals surface area contributed by atoms with Crippen LogP contribution in [0.5, 0.6) is 5.75 Å². The number of hydrogen-bond acceptors (Lipinski definition) is 5. The first kappa shape index (κ1) is 16.1. The fourth-order valence-electron chi connectivity index (χ4n) is 4.60. The van der Waals surface area contributed by atoms with Gasteiger partial charge in [0.25, 0.3) is 0 Å². The van der Waals surface area contributed by atoms with Crippen LogP contribution in [0.4, 0.5) is 5.82 Å². The molecule has 1 unspecified atom stereocenters. The van der Waals surface area contributed by atoms with E-state index in [1.807, 2.05) is 6.92 Å². The summed E-state index contributed by atoms with van der Waals surface area (Å²) in [5.41, 5.74) is 5.05. The zero-order valence-electron chi connectivity index (χ0n) is 15.2. The highest BCUT2D eigenvalue weighted by Gasteiger charge is 2.36. The summed E-state index contributed by atoms with van der Waals surface area (Å²) in [6.07, 6.45) is 5.76. The molecule has 1 aliphatic heterocycles. The minimum absolute atomic E-state index is 0.167. The average molecular weight is 351 g/mol. The van der Waals surface area contributed by atoms with Gasteiger partial charge in [-0.25, -0.2) is 9.97 Å². The topological polar surface area (TPSA) is 67.3 Å². The minimum atomic E-state index is -0.167. The van der Waals surface area contributed by atoms with Gasteiger partial charge in [-0.2, -0.15) is 0 Å². The van der Waals surface area contributed by atoms with Crippen LogP contribution < -0.4 is 10.1 Å². The van der Waals surface area contributed by atoms with Crippen LogP contribution in [0.25, 0.3) is 0 Å². The number of aromatic nitrogens is 2. The lowest BCUT2D eigenvalue weighted by atomic mass is 9.74. The minimum Gasteiger partial charge on any atom is -0.493 e. The molecule has 0 bridgehead atoms. The van der Waals surface area contributed by atoms with E-state index in [0.29, 0.717) is 5.92 Å². The quantitative estimate of drug-likeness (QED) is 0.886. The third kappa shape index (κ3) is 2.75. The molecule has 2 aromatic rings. The van der Waals surface area contributed by atoms with E-state index in [-0.39, 0.29) is 12.1 Å². The summed E-state index contributed by atoms with van der Waals surface area (Å²) in [7, 11) is 0. The number of ether oxygens (including phenoxy) is 1. The third-order valence-corrected chi connectivity index (χ3v) is 6.03. The maximum absolute atomic E-state index is 9.86. The molecule has 2 N–H and O–H groups in total. The molecule has 2 heterocycles. The Bertz CT molecular complexity index is 845. The molecule has 1 saturated carbocycles. The Morgan fingerprint density at radius 2 is 2.08 bits per heavy atom. The van der Waals surface area contributed by atoms with Crippen molar-refractivity contribution in [3.05, 3.63) is 46.4 Å². The van der Waals surface area contributed by atoms with E-state index in [1.54, 1.807) is 0 Å². The zero-order chi connectivity index (χ0) is 17.7. The van der Waals surface area contributed by atoms with Crippen molar-refractivity contribution >= 4 is 5.82 Å². The number of fused-ring (bicyclic) bond motifs is 2. The van der Waals surface area contributed by atoms with Gasteiger partial charge in [-0.3, -0.25) is 0 Å². The zero-order valence-corrected chi connectivity index (χ0v) is 15.2. The lowest BCUT2D eigenvalue weighted by molar-refractivity contribution is 0.0339. The summed E-state index contributed by atoms with van der Waals surface area (Å²) < 4.78 is 5.66. The highest BCUT2D eigenvalue weighted by molar-refractivity contribution is 5.52. The van der Waals surface area contributed by atoms with Crippen molar-refractivity contribution in [2.45, 2.75) is 57.6 Å². The molecular weight excluding hydrogens is 326 g/mol. The number of aryl methyl sites for hydroxylation is 2. The Morgan fingerprint density at radius 3 is 2.92 bits per heavy atom.